The van der Waals surface area contributed by atoms with Crippen molar-refractivity contribution >= 4 is 43.6 Å². The Morgan fingerprint density at radius 2 is 0.914 bits per heavy atom. The molecular formula is C53H45N5. The molecule has 0 amide bonds. The first kappa shape index (κ1) is 35.6. The molecule has 10 aromatic rings. The van der Waals surface area contributed by atoms with Crippen LogP contribution >= 0.6 is 0 Å². The third-order valence-corrected chi connectivity index (χ3v) is 11.5. The van der Waals surface area contributed by atoms with Crippen LogP contribution in [0.3, 0.4) is 0 Å². The van der Waals surface area contributed by atoms with Gasteiger partial charge in [0.05, 0.1) is 22.1 Å². The standard InChI is InChI=1S/C53H45N5/c1-3-5-16-36-24-31-46-44(34-36)43-30-33-48-49(50(43)57(46)42-22-14-9-15-23-42)45-35-37(17-6-4-2)25-32-47(45)58(48)53-55-51(40-20-12-8-13-21-40)54-52(56-53)41-28-26-39(27-29-41)38-18-10-7-11-19-38/h7-15,18-35H,3-6,16-17H2,1-2H3. The number of hydrogen-bond donors (Lipinski definition) is 0. The highest BCUT2D eigenvalue weighted by molar-refractivity contribution is 6.26. The van der Waals surface area contributed by atoms with Crippen LogP contribution < -0.4 is 0 Å². The molecule has 5 heteroatoms. The average Bonchev–Trinajstić information content (AvgIpc) is 3.80. The van der Waals surface area contributed by atoms with Gasteiger partial charge in [0, 0.05) is 38.4 Å². The number of fused-ring (bicyclic) bond motifs is 7. The van der Waals surface area contributed by atoms with Gasteiger partial charge in [0.25, 0.3) is 0 Å². The molecule has 282 valence electrons. The Morgan fingerprint density at radius 1 is 0.414 bits per heavy atom. The van der Waals surface area contributed by atoms with Crippen molar-refractivity contribution in [2.75, 3.05) is 0 Å². The highest BCUT2D eigenvalue weighted by atomic mass is 15.2. The average molecular weight is 752 g/mol. The molecule has 0 unspecified atom stereocenters. The van der Waals surface area contributed by atoms with Gasteiger partial charge in [0.1, 0.15) is 0 Å². The molecule has 0 aliphatic heterocycles. The minimum Gasteiger partial charge on any atom is -0.309 e. The second-order valence-electron chi connectivity index (χ2n) is 15.4. The van der Waals surface area contributed by atoms with Crippen LogP contribution in [0.15, 0.2) is 164 Å². The van der Waals surface area contributed by atoms with E-state index in [0.29, 0.717) is 17.6 Å². The van der Waals surface area contributed by atoms with Gasteiger partial charge in [-0.05, 0) is 90.4 Å². The zero-order valence-electron chi connectivity index (χ0n) is 33.1. The largest absolute Gasteiger partial charge is 0.309 e. The van der Waals surface area contributed by atoms with E-state index in [1.54, 1.807) is 0 Å². The first-order chi connectivity index (χ1) is 28.7. The van der Waals surface area contributed by atoms with Gasteiger partial charge in [0.2, 0.25) is 5.95 Å². The quantitative estimate of drug-likeness (QED) is 0.132. The Labute approximate surface area is 339 Å². The van der Waals surface area contributed by atoms with E-state index in [-0.39, 0.29) is 0 Å². The normalized spacial score (nSPS) is 11.7. The van der Waals surface area contributed by atoms with Crippen LogP contribution in [0.1, 0.15) is 50.7 Å². The minimum atomic E-state index is 0.598. The first-order valence-corrected chi connectivity index (χ1v) is 20.7. The molecule has 5 nitrogen and oxygen atoms in total. The molecule has 0 fully saturated rings. The van der Waals surface area contributed by atoms with Gasteiger partial charge in [-0.15, -0.1) is 0 Å². The molecule has 3 heterocycles. The lowest BCUT2D eigenvalue weighted by atomic mass is 10.0. The number of benzene rings is 7. The number of para-hydroxylation sites is 1. The Morgan fingerprint density at radius 3 is 1.53 bits per heavy atom. The van der Waals surface area contributed by atoms with Crippen LogP contribution in [-0.2, 0) is 12.8 Å². The van der Waals surface area contributed by atoms with Crippen molar-refractivity contribution < 1.29 is 0 Å². The Balaban J connectivity index is 1.27. The van der Waals surface area contributed by atoms with Gasteiger partial charge in [-0.2, -0.15) is 9.97 Å². The van der Waals surface area contributed by atoms with Gasteiger partial charge in [-0.1, -0.05) is 148 Å². The summed E-state index contributed by atoms with van der Waals surface area (Å²) < 4.78 is 4.74. The van der Waals surface area contributed by atoms with Gasteiger partial charge < -0.3 is 4.57 Å². The molecule has 0 aliphatic rings. The maximum Gasteiger partial charge on any atom is 0.238 e. The summed E-state index contributed by atoms with van der Waals surface area (Å²) in [6.07, 6.45) is 6.75. The second kappa shape index (κ2) is 15.2. The summed E-state index contributed by atoms with van der Waals surface area (Å²) in [5, 5.41) is 4.94. The molecule has 0 aliphatic carbocycles. The monoisotopic (exact) mass is 751 g/mol. The lowest BCUT2D eigenvalue weighted by Crippen LogP contribution is -2.06. The topological polar surface area (TPSA) is 48.5 Å². The molecule has 0 saturated heterocycles. The molecule has 3 aromatic heterocycles. The van der Waals surface area contributed by atoms with E-state index in [4.69, 9.17) is 15.0 Å². The number of unbranched alkanes of at least 4 members (excludes halogenated alkanes) is 2. The number of rotatable bonds is 11. The van der Waals surface area contributed by atoms with Crippen molar-refractivity contribution in [1.82, 2.24) is 24.1 Å². The van der Waals surface area contributed by atoms with Crippen LogP contribution in [-0.4, -0.2) is 24.1 Å². The molecule has 10 rings (SSSR count). The van der Waals surface area contributed by atoms with Crippen molar-refractivity contribution in [1.29, 1.82) is 0 Å². The number of aryl methyl sites for hydroxylation is 2. The van der Waals surface area contributed by atoms with Crippen molar-refractivity contribution in [2.24, 2.45) is 0 Å². The SMILES string of the molecule is CCCCc1ccc2c(c1)c1c(ccc3c4cc(CCCC)ccc4n(-c4ccccc4)c31)n2-c1nc(-c2ccccc2)nc(-c2ccc(-c3ccccc3)cc2)n1. The van der Waals surface area contributed by atoms with E-state index in [9.17, 15) is 0 Å². The van der Waals surface area contributed by atoms with E-state index in [1.807, 2.05) is 24.3 Å². The highest BCUT2D eigenvalue weighted by Crippen LogP contribution is 2.42. The van der Waals surface area contributed by atoms with Crippen LogP contribution in [0.25, 0.3) is 89.2 Å². The summed E-state index contributed by atoms with van der Waals surface area (Å²) in [4.78, 5) is 15.7. The van der Waals surface area contributed by atoms with Gasteiger partial charge >= 0.3 is 0 Å². The third-order valence-electron chi connectivity index (χ3n) is 11.5. The molecule has 0 spiro atoms. The zero-order valence-corrected chi connectivity index (χ0v) is 33.1. The fraction of sp³-hybridized carbons (Fsp3) is 0.151. The summed E-state index contributed by atoms with van der Waals surface area (Å²) in [5.74, 6) is 1.87. The van der Waals surface area contributed by atoms with E-state index >= 15 is 0 Å². The smallest absolute Gasteiger partial charge is 0.238 e. The summed E-state index contributed by atoms with van der Waals surface area (Å²) in [7, 11) is 0. The lowest BCUT2D eigenvalue weighted by Gasteiger charge is -2.12. The minimum absolute atomic E-state index is 0.598. The van der Waals surface area contributed by atoms with Crippen molar-refractivity contribution in [3.05, 3.63) is 175 Å². The van der Waals surface area contributed by atoms with E-state index in [1.165, 1.54) is 62.1 Å². The number of nitrogens with zero attached hydrogens (tertiary/aromatic N) is 5. The Bertz CT molecular complexity index is 3050. The molecular weight excluding hydrogens is 707 g/mol. The van der Waals surface area contributed by atoms with Gasteiger partial charge in [0.15, 0.2) is 11.6 Å². The summed E-state index contributed by atoms with van der Waals surface area (Å²) in [6, 6.07) is 58.8. The fourth-order valence-electron chi connectivity index (χ4n) is 8.59. The predicted molar refractivity (Wildman–Crippen MR) is 242 cm³/mol. The van der Waals surface area contributed by atoms with E-state index < -0.39 is 0 Å². The molecule has 7 aromatic carbocycles. The fourth-order valence-corrected chi connectivity index (χ4v) is 8.59. The molecule has 0 N–H and O–H groups in total. The first-order valence-electron chi connectivity index (χ1n) is 20.7. The predicted octanol–water partition coefficient (Wildman–Crippen LogP) is 13.8. The summed E-state index contributed by atoms with van der Waals surface area (Å²) in [5.41, 5.74) is 12.6. The van der Waals surface area contributed by atoms with E-state index in [2.05, 4.69) is 163 Å². The van der Waals surface area contributed by atoms with Crippen LogP contribution in [0.2, 0.25) is 0 Å². The molecule has 0 bridgehead atoms. The van der Waals surface area contributed by atoms with Crippen molar-refractivity contribution in [3.8, 4) is 45.5 Å². The molecule has 0 atom stereocenters. The molecule has 58 heavy (non-hydrogen) atoms. The Kier molecular flexibility index (Phi) is 9.34. The summed E-state index contributed by atoms with van der Waals surface area (Å²) in [6.45, 7) is 4.53. The van der Waals surface area contributed by atoms with Gasteiger partial charge in [-0.25, -0.2) is 4.98 Å². The third kappa shape index (κ3) is 6.33. The Hall–Kier alpha value is -6.85. The maximum atomic E-state index is 5.32. The van der Waals surface area contributed by atoms with Crippen LogP contribution in [0.5, 0.6) is 0 Å². The highest BCUT2D eigenvalue weighted by Gasteiger charge is 2.23. The zero-order chi connectivity index (χ0) is 39.0. The number of aromatic nitrogens is 5. The summed E-state index contributed by atoms with van der Waals surface area (Å²) >= 11 is 0. The lowest BCUT2D eigenvalue weighted by molar-refractivity contribution is 0.796. The van der Waals surface area contributed by atoms with Gasteiger partial charge in [-0.3, -0.25) is 4.57 Å². The molecule has 0 saturated carbocycles. The van der Waals surface area contributed by atoms with Crippen LogP contribution in [0, 0.1) is 0 Å². The van der Waals surface area contributed by atoms with Crippen molar-refractivity contribution in [2.45, 2.75) is 52.4 Å². The van der Waals surface area contributed by atoms with Crippen LogP contribution in [0.4, 0.5) is 0 Å². The second-order valence-corrected chi connectivity index (χ2v) is 15.4. The van der Waals surface area contributed by atoms with E-state index in [0.717, 1.165) is 59.1 Å². The van der Waals surface area contributed by atoms with Crippen molar-refractivity contribution in [3.63, 3.8) is 0 Å². The molecule has 0 radical (unpaired) electrons. The maximum absolute atomic E-state index is 5.32. The number of hydrogen-bond acceptors (Lipinski definition) is 3.